The first kappa shape index (κ1) is 13.9. The quantitative estimate of drug-likeness (QED) is 0.661. The van der Waals surface area contributed by atoms with E-state index in [0.717, 1.165) is 25.7 Å². The molecule has 2 nitrogen and oxygen atoms in total. The summed E-state index contributed by atoms with van der Waals surface area (Å²) >= 11 is 0. The molecular formula is C11H24O2S. The Labute approximate surface area is 89.0 Å². The first-order valence-electron chi connectivity index (χ1n) is 5.65. The van der Waals surface area contributed by atoms with Crippen LogP contribution in [0.4, 0.5) is 0 Å². The lowest BCUT2D eigenvalue weighted by molar-refractivity contribution is 0.544. The molecule has 0 N–H and O–H groups in total. The zero-order valence-corrected chi connectivity index (χ0v) is 10.7. The van der Waals surface area contributed by atoms with Crippen LogP contribution in [-0.4, -0.2) is 19.4 Å². The molecule has 0 aliphatic heterocycles. The van der Waals surface area contributed by atoms with Gasteiger partial charge in [-0.15, -0.1) is 0 Å². The number of hydrogen-bond acceptors (Lipinski definition) is 2. The Bertz CT molecular complexity index is 224. The van der Waals surface area contributed by atoms with Crippen LogP contribution in [-0.2, 0) is 9.84 Å². The maximum absolute atomic E-state index is 11.9. The summed E-state index contributed by atoms with van der Waals surface area (Å²) in [4.78, 5) is 0. The Morgan fingerprint density at radius 2 is 1.43 bits per heavy atom. The van der Waals surface area contributed by atoms with Gasteiger partial charge in [-0.3, -0.25) is 0 Å². The fraction of sp³-hybridized carbons (Fsp3) is 1.00. The summed E-state index contributed by atoms with van der Waals surface area (Å²) in [5.41, 5.74) is 0. The van der Waals surface area contributed by atoms with Crippen LogP contribution in [0.25, 0.3) is 0 Å². The van der Waals surface area contributed by atoms with Crippen LogP contribution in [0.2, 0.25) is 0 Å². The van der Waals surface area contributed by atoms with Gasteiger partial charge in [0.05, 0.1) is 11.0 Å². The molecule has 0 fully saturated rings. The molecule has 0 heterocycles. The number of sulfone groups is 1. The number of hydrogen-bond donors (Lipinski definition) is 0. The lowest BCUT2D eigenvalue weighted by Gasteiger charge is -2.17. The van der Waals surface area contributed by atoms with Crippen molar-refractivity contribution in [1.29, 1.82) is 0 Å². The van der Waals surface area contributed by atoms with Gasteiger partial charge in [-0.2, -0.15) is 0 Å². The van der Waals surface area contributed by atoms with E-state index in [4.69, 9.17) is 0 Å². The summed E-state index contributed by atoms with van der Waals surface area (Å²) < 4.78 is 23.8. The van der Waals surface area contributed by atoms with E-state index in [2.05, 4.69) is 0 Å². The molecule has 0 saturated heterocycles. The zero-order valence-electron chi connectivity index (χ0n) is 9.91. The first-order chi connectivity index (χ1) is 6.44. The Hall–Kier alpha value is -0.0500. The Morgan fingerprint density at radius 3 is 1.71 bits per heavy atom. The summed E-state index contributed by atoms with van der Waals surface area (Å²) in [5, 5.41) is -0.0973. The summed E-state index contributed by atoms with van der Waals surface area (Å²) in [5.74, 6) is 0.591. The Morgan fingerprint density at radius 1 is 1.00 bits per heavy atom. The molecule has 0 aliphatic carbocycles. The normalized spacial score (nSPS) is 12.7. The molecule has 0 atom stereocenters. The van der Waals surface area contributed by atoms with Crippen molar-refractivity contribution in [2.24, 2.45) is 5.92 Å². The third-order valence-corrected chi connectivity index (χ3v) is 4.91. The third-order valence-electron chi connectivity index (χ3n) is 2.29. The summed E-state index contributed by atoms with van der Waals surface area (Å²) in [6.07, 6.45) is 3.57. The van der Waals surface area contributed by atoms with Crippen LogP contribution >= 0.6 is 0 Å². The molecule has 0 aliphatic rings. The second kappa shape index (κ2) is 6.44. The average Bonchev–Trinajstić information content (AvgIpc) is 2.01. The average molecular weight is 220 g/mol. The van der Waals surface area contributed by atoms with Crippen LogP contribution < -0.4 is 0 Å². The summed E-state index contributed by atoms with van der Waals surface area (Å²) in [6, 6.07) is 0. The minimum Gasteiger partial charge on any atom is -0.229 e. The number of rotatable bonds is 7. The maximum Gasteiger partial charge on any atom is 0.153 e. The first-order valence-corrected chi connectivity index (χ1v) is 7.37. The topological polar surface area (TPSA) is 34.1 Å². The molecular weight excluding hydrogens is 196 g/mol. The van der Waals surface area contributed by atoms with E-state index in [1.165, 1.54) is 0 Å². The van der Waals surface area contributed by atoms with E-state index in [1.807, 2.05) is 27.7 Å². The van der Waals surface area contributed by atoms with E-state index < -0.39 is 9.84 Å². The fourth-order valence-corrected chi connectivity index (χ4v) is 4.14. The van der Waals surface area contributed by atoms with Crippen molar-refractivity contribution < 1.29 is 8.42 Å². The highest BCUT2D eigenvalue weighted by Gasteiger charge is 2.24. The van der Waals surface area contributed by atoms with E-state index in [1.54, 1.807) is 0 Å². The van der Waals surface area contributed by atoms with Crippen molar-refractivity contribution in [1.82, 2.24) is 0 Å². The van der Waals surface area contributed by atoms with E-state index in [9.17, 15) is 8.42 Å². The van der Waals surface area contributed by atoms with Gasteiger partial charge in [0, 0.05) is 0 Å². The van der Waals surface area contributed by atoms with Gasteiger partial charge in [0.25, 0.3) is 0 Å². The minimum absolute atomic E-state index is 0.0973. The van der Waals surface area contributed by atoms with Crippen LogP contribution in [0.1, 0.15) is 53.4 Å². The monoisotopic (exact) mass is 220 g/mol. The molecule has 0 radical (unpaired) electrons. The molecule has 0 unspecified atom stereocenters. The van der Waals surface area contributed by atoms with Gasteiger partial charge in [-0.25, -0.2) is 8.42 Å². The van der Waals surface area contributed by atoms with Crippen LogP contribution in [0, 0.1) is 5.92 Å². The predicted molar refractivity (Wildman–Crippen MR) is 62.2 cm³/mol. The molecule has 0 spiro atoms. The van der Waals surface area contributed by atoms with Crippen molar-refractivity contribution in [3.8, 4) is 0 Å². The second-order valence-corrected chi connectivity index (χ2v) is 6.75. The van der Waals surface area contributed by atoms with Crippen molar-refractivity contribution in [2.75, 3.05) is 5.75 Å². The fourth-order valence-electron chi connectivity index (χ4n) is 1.75. The maximum atomic E-state index is 11.9. The zero-order chi connectivity index (χ0) is 11.2. The SMILES string of the molecule is CCCC(CCC)S(=O)(=O)CC(C)C. The minimum atomic E-state index is -2.85. The molecule has 0 bridgehead atoms. The van der Waals surface area contributed by atoms with Gasteiger partial charge in [-0.05, 0) is 18.8 Å². The van der Waals surface area contributed by atoms with E-state index in [0.29, 0.717) is 5.75 Å². The van der Waals surface area contributed by atoms with Crippen molar-refractivity contribution in [2.45, 2.75) is 58.6 Å². The lowest BCUT2D eigenvalue weighted by Crippen LogP contribution is -2.26. The lowest BCUT2D eigenvalue weighted by atomic mass is 10.2. The molecule has 0 aromatic carbocycles. The molecule has 3 heteroatoms. The molecule has 0 rings (SSSR count). The van der Waals surface area contributed by atoms with Crippen molar-refractivity contribution in [3.63, 3.8) is 0 Å². The van der Waals surface area contributed by atoms with E-state index in [-0.39, 0.29) is 11.2 Å². The highest BCUT2D eigenvalue weighted by molar-refractivity contribution is 7.92. The van der Waals surface area contributed by atoms with Crippen LogP contribution in [0.15, 0.2) is 0 Å². The second-order valence-electron chi connectivity index (χ2n) is 4.42. The summed E-state index contributed by atoms with van der Waals surface area (Å²) in [6.45, 7) is 8.03. The molecule has 86 valence electrons. The van der Waals surface area contributed by atoms with Gasteiger partial charge >= 0.3 is 0 Å². The predicted octanol–water partition coefficient (Wildman–Crippen LogP) is 3.03. The largest absolute Gasteiger partial charge is 0.229 e. The van der Waals surface area contributed by atoms with Gasteiger partial charge < -0.3 is 0 Å². The smallest absolute Gasteiger partial charge is 0.153 e. The van der Waals surface area contributed by atoms with Gasteiger partial charge in [0.1, 0.15) is 0 Å². The molecule has 0 saturated carbocycles. The van der Waals surface area contributed by atoms with Gasteiger partial charge in [0.2, 0.25) is 0 Å². The molecule has 0 amide bonds. The van der Waals surface area contributed by atoms with E-state index >= 15 is 0 Å². The summed E-state index contributed by atoms with van der Waals surface area (Å²) in [7, 11) is -2.85. The third kappa shape index (κ3) is 4.99. The van der Waals surface area contributed by atoms with Crippen LogP contribution in [0.3, 0.4) is 0 Å². The molecule has 0 aromatic rings. The molecule has 0 aromatic heterocycles. The standard InChI is InChI=1S/C11H24O2S/c1-5-7-11(8-6-2)14(12,13)9-10(3)4/h10-11H,5-9H2,1-4H3. The highest BCUT2D eigenvalue weighted by Crippen LogP contribution is 2.17. The molecule has 14 heavy (non-hydrogen) atoms. The van der Waals surface area contributed by atoms with Crippen molar-refractivity contribution in [3.05, 3.63) is 0 Å². The van der Waals surface area contributed by atoms with Crippen LogP contribution in [0.5, 0.6) is 0 Å². The highest BCUT2D eigenvalue weighted by atomic mass is 32.2. The Kier molecular flexibility index (Phi) is 6.41. The van der Waals surface area contributed by atoms with Gasteiger partial charge in [0.15, 0.2) is 9.84 Å². The van der Waals surface area contributed by atoms with Gasteiger partial charge in [-0.1, -0.05) is 40.5 Å². The van der Waals surface area contributed by atoms with Crippen molar-refractivity contribution >= 4 is 9.84 Å². The Balaban J connectivity index is 4.45.